The molecule has 5 nitrogen and oxygen atoms in total. The lowest BCUT2D eigenvalue weighted by Crippen LogP contribution is -2.48. The first-order valence-electron chi connectivity index (χ1n) is 8.55. The third-order valence-electron chi connectivity index (χ3n) is 3.98. The molecule has 1 aliphatic heterocycles. The highest BCUT2D eigenvalue weighted by Crippen LogP contribution is 2.21. The highest BCUT2D eigenvalue weighted by Gasteiger charge is 2.23. The van der Waals surface area contributed by atoms with Gasteiger partial charge in [0.2, 0.25) is 5.88 Å². The van der Waals surface area contributed by atoms with Gasteiger partial charge in [0.15, 0.2) is 5.96 Å². The fourth-order valence-corrected chi connectivity index (χ4v) is 3.18. The zero-order valence-electron chi connectivity index (χ0n) is 15.5. The first-order chi connectivity index (χ1) is 11.0. The van der Waals surface area contributed by atoms with Crippen molar-refractivity contribution in [1.29, 1.82) is 0 Å². The lowest BCUT2D eigenvalue weighted by molar-refractivity contribution is 0.208. The van der Waals surface area contributed by atoms with Crippen LogP contribution >= 0.6 is 24.0 Å². The zero-order chi connectivity index (χ0) is 16.8. The number of guanidine groups is 1. The molecule has 2 unspecified atom stereocenters. The maximum absolute atomic E-state index is 5.57. The number of rotatable bonds is 4. The number of aliphatic imine (C=N–C) groups is 1. The molecular weight excluding hydrogens is 415 g/mol. The third kappa shape index (κ3) is 6.45. The number of ether oxygens (including phenoxy) is 1. The van der Waals surface area contributed by atoms with Gasteiger partial charge >= 0.3 is 0 Å². The Morgan fingerprint density at radius 1 is 1.33 bits per heavy atom. The molecule has 1 saturated heterocycles. The van der Waals surface area contributed by atoms with Gasteiger partial charge in [-0.1, -0.05) is 19.9 Å². The monoisotopic (exact) mass is 446 g/mol. The van der Waals surface area contributed by atoms with E-state index in [0.717, 1.165) is 31.2 Å². The second-order valence-corrected chi connectivity index (χ2v) is 6.92. The minimum Gasteiger partial charge on any atom is -0.475 e. The first-order valence-corrected chi connectivity index (χ1v) is 8.55. The van der Waals surface area contributed by atoms with Crippen LogP contribution in [0.15, 0.2) is 23.3 Å². The molecule has 0 aliphatic carbocycles. The van der Waals surface area contributed by atoms with Crippen molar-refractivity contribution in [1.82, 2.24) is 15.2 Å². The summed E-state index contributed by atoms with van der Waals surface area (Å²) < 4.78 is 5.57. The van der Waals surface area contributed by atoms with E-state index in [4.69, 9.17) is 4.74 Å². The molecule has 0 aromatic carbocycles. The minimum atomic E-state index is 0. The molecule has 2 atom stereocenters. The van der Waals surface area contributed by atoms with Crippen LogP contribution in [0.5, 0.6) is 5.88 Å². The number of hydrogen-bond donors (Lipinski definition) is 1. The van der Waals surface area contributed by atoms with Gasteiger partial charge in [0, 0.05) is 38.9 Å². The first kappa shape index (κ1) is 21.0. The second-order valence-electron chi connectivity index (χ2n) is 6.92. The van der Waals surface area contributed by atoms with Crippen molar-refractivity contribution >= 4 is 29.9 Å². The summed E-state index contributed by atoms with van der Waals surface area (Å²) >= 11 is 0. The van der Waals surface area contributed by atoms with Crippen LogP contribution in [-0.4, -0.2) is 42.1 Å². The average molecular weight is 446 g/mol. The van der Waals surface area contributed by atoms with E-state index in [1.807, 2.05) is 39.2 Å². The molecule has 24 heavy (non-hydrogen) atoms. The third-order valence-corrected chi connectivity index (χ3v) is 3.98. The van der Waals surface area contributed by atoms with E-state index in [9.17, 15) is 0 Å². The summed E-state index contributed by atoms with van der Waals surface area (Å²) in [5.74, 6) is 3.08. The summed E-state index contributed by atoms with van der Waals surface area (Å²) in [6.07, 6.45) is 3.31. The van der Waals surface area contributed by atoms with Crippen molar-refractivity contribution in [3.63, 3.8) is 0 Å². The van der Waals surface area contributed by atoms with Crippen molar-refractivity contribution < 1.29 is 4.74 Å². The van der Waals surface area contributed by atoms with Crippen LogP contribution in [0.2, 0.25) is 0 Å². The highest BCUT2D eigenvalue weighted by molar-refractivity contribution is 14.0. The van der Waals surface area contributed by atoms with Crippen LogP contribution in [0.3, 0.4) is 0 Å². The van der Waals surface area contributed by atoms with Crippen LogP contribution in [0.25, 0.3) is 0 Å². The molecule has 1 N–H and O–H groups in total. The fraction of sp³-hybridized carbons (Fsp3) is 0.667. The molecule has 2 rings (SSSR count). The molecule has 0 amide bonds. The molecule has 6 heteroatoms. The van der Waals surface area contributed by atoms with Gasteiger partial charge < -0.3 is 15.0 Å². The highest BCUT2D eigenvalue weighted by atomic mass is 127. The Kier molecular flexibility index (Phi) is 8.80. The number of hydrogen-bond acceptors (Lipinski definition) is 3. The summed E-state index contributed by atoms with van der Waals surface area (Å²) in [5, 5.41) is 3.45. The Morgan fingerprint density at radius 2 is 2.00 bits per heavy atom. The van der Waals surface area contributed by atoms with Crippen molar-refractivity contribution in [3.8, 4) is 5.88 Å². The average Bonchev–Trinajstić information content (AvgIpc) is 2.48. The Hall–Kier alpha value is -1.05. The number of likely N-dealkylation sites (tertiary alicyclic amines) is 1. The molecule has 2 heterocycles. The van der Waals surface area contributed by atoms with Gasteiger partial charge in [-0.25, -0.2) is 4.98 Å². The van der Waals surface area contributed by atoms with Gasteiger partial charge in [-0.15, -0.1) is 24.0 Å². The second kappa shape index (κ2) is 10.1. The predicted molar refractivity (Wildman–Crippen MR) is 110 cm³/mol. The van der Waals surface area contributed by atoms with E-state index < -0.39 is 0 Å². The minimum absolute atomic E-state index is 0. The molecular formula is C18H31IN4O. The van der Waals surface area contributed by atoms with Gasteiger partial charge in [-0.3, -0.25) is 4.99 Å². The number of nitrogens with one attached hydrogen (secondary N) is 1. The van der Waals surface area contributed by atoms with E-state index in [2.05, 4.69) is 34.0 Å². The molecule has 0 spiro atoms. The van der Waals surface area contributed by atoms with Gasteiger partial charge in [0.1, 0.15) is 0 Å². The standard InChI is InChI=1S/C18H30N4O.HI/c1-13(2)23-17-7-6-16(9-20-17)10-21-18(19-5)22-11-14(3)8-15(4)12-22;/h6-7,9,13-15H,8,10-12H2,1-5H3,(H,19,21);1H. The summed E-state index contributed by atoms with van der Waals surface area (Å²) in [4.78, 5) is 11.1. The van der Waals surface area contributed by atoms with Crippen LogP contribution in [0, 0.1) is 11.8 Å². The van der Waals surface area contributed by atoms with Crippen molar-refractivity contribution in [3.05, 3.63) is 23.9 Å². The van der Waals surface area contributed by atoms with E-state index in [1.54, 1.807) is 0 Å². The lowest BCUT2D eigenvalue weighted by Gasteiger charge is -2.37. The number of pyridine rings is 1. The maximum Gasteiger partial charge on any atom is 0.213 e. The Bertz CT molecular complexity index is 508. The molecule has 1 fully saturated rings. The molecule has 0 radical (unpaired) electrons. The Labute approximate surface area is 163 Å². The number of piperidine rings is 1. The normalized spacial score (nSPS) is 21.4. The summed E-state index contributed by atoms with van der Waals surface area (Å²) in [5.41, 5.74) is 1.13. The van der Waals surface area contributed by atoms with Gasteiger partial charge in [-0.2, -0.15) is 0 Å². The van der Waals surface area contributed by atoms with Crippen molar-refractivity contribution in [2.24, 2.45) is 16.8 Å². The van der Waals surface area contributed by atoms with Crippen molar-refractivity contribution in [2.45, 2.75) is 46.8 Å². The smallest absolute Gasteiger partial charge is 0.213 e. The largest absolute Gasteiger partial charge is 0.475 e. The maximum atomic E-state index is 5.57. The van der Waals surface area contributed by atoms with Crippen LogP contribution in [-0.2, 0) is 6.54 Å². The number of halogens is 1. The molecule has 1 aromatic rings. The number of nitrogens with zero attached hydrogens (tertiary/aromatic N) is 3. The quantitative estimate of drug-likeness (QED) is 0.437. The van der Waals surface area contributed by atoms with E-state index in [0.29, 0.717) is 17.7 Å². The topological polar surface area (TPSA) is 49.8 Å². The zero-order valence-corrected chi connectivity index (χ0v) is 17.8. The number of aromatic nitrogens is 1. The van der Waals surface area contributed by atoms with E-state index >= 15 is 0 Å². The van der Waals surface area contributed by atoms with Crippen LogP contribution < -0.4 is 10.1 Å². The Balaban J connectivity index is 0.00000288. The van der Waals surface area contributed by atoms with Crippen LogP contribution in [0.1, 0.15) is 39.7 Å². The van der Waals surface area contributed by atoms with Gasteiger partial charge in [-0.05, 0) is 37.7 Å². The molecule has 0 bridgehead atoms. The molecule has 1 aromatic heterocycles. The SMILES string of the molecule is CN=C(NCc1ccc(OC(C)C)nc1)N1CC(C)CC(C)C1.I. The summed E-state index contributed by atoms with van der Waals surface area (Å²) in [6.45, 7) is 11.5. The predicted octanol–water partition coefficient (Wildman–Crippen LogP) is 3.54. The van der Waals surface area contributed by atoms with Crippen molar-refractivity contribution in [2.75, 3.05) is 20.1 Å². The molecule has 1 aliphatic rings. The van der Waals surface area contributed by atoms with Gasteiger partial charge in [0.25, 0.3) is 0 Å². The molecule has 136 valence electrons. The summed E-state index contributed by atoms with van der Waals surface area (Å²) in [7, 11) is 1.85. The van der Waals surface area contributed by atoms with E-state index in [1.165, 1.54) is 6.42 Å². The molecule has 0 saturated carbocycles. The fourth-order valence-electron chi connectivity index (χ4n) is 3.18. The lowest BCUT2D eigenvalue weighted by atomic mass is 9.92. The van der Waals surface area contributed by atoms with E-state index in [-0.39, 0.29) is 30.1 Å². The summed E-state index contributed by atoms with van der Waals surface area (Å²) in [6, 6.07) is 3.97. The van der Waals surface area contributed by atoms with Crippen LogP contribution in [0.4, 0.5) is 0 Å². The Morgan fingerprint density at radius 3 is 2.50 bits per heavy atom. The van der Waals surface area contributed by atoms with Gasteiger partial charge in [0.05, 0.1) is 6.10 Å².